The zero-order valence-corrected chi connectivity index (χ0v) is 16.2. The molecular weight excluding hydrogens is 360 g/mol. The van der Waals surface area contributed by atoms with Crippen molar-refractivity contribution in [1.29, 1.82) is 5.26 Å². The van der Waals surface area contributed by atoms with Gasteiger partial charge in [-0.05, 0) is 55.4 Å². The number of fused-ring (bicyclic) bond motifs is 1. The van der Waals surface area contributed by atoms with Gasteiger partial charge in [0.1, 0.15) is 0 Å². The summed E-state index contributed by atoms with van der Waals surface area (Å²) in [5, 5.41) is 19.9. The molecule has 6 rings (SSSR count). The van der Waals surface area contributed by atoms with Gasteiger partial charge in [0.2, 0.25) is 0 Å². The lowest BCUT2D eigenvalue weighted by Crippen LogP contribution is -2.07. The third kappa shape index (κ3) is 2.24. The van der Waals surface area contributed by atoms with Crippen molar-refractivity contribution in [2.75, 3.05) is 0 Å². The molecule has 4 aromatic rings. The topological polar surface area (TPSA) is 72.3 Å². The SMILES string of the molecule is CCn1cc(-c2cc(-n3ncc4ccc([C@]5(C#N)CC56CC6)cc43)ccn2)cn1. The number of hydrogen-bond donors (Lipinski definition) is 0. The Balaban J connectivity index is 1.44. The van der Waals surface area contributed by atoms with E-state index in [0.29, 0.717) is 0 Å². The van der Waals surface area contributed by atoms with Gasteiger partial charge in [-0.2, -0.15) is 15.5 Å². The minimum atomic E-state index is -0.297. The molecule has 1 aromatic carbocycles. The van der Waals surface area contributed by atoms with Crippen molar-refractivity contribution >= 4 is 10.9 Å². The van der Waals surface area contributed by atoms with E-state index in [1.54, 1.807) is 0 Å². The fourth-order valence-electron chi connectivity index (χ4n) is 4.72. The van der Waals surface area contributed by atoms with Gasteiger partial charge in [0.15, 0.2) is 0 Å². The Morgan fingerprint density at radius 1 is 1.14 bits per heavy atom. The molecule has 0 N–H and O–H groups in total. The van der Waals surface area contributed by atoms with Gasteiger partial charge >= 0.3 is 0 Å². The van der Waals surface area contributed by atoms with E-state index in [-0.39, 0.29) is 10.8 Å². The molecule has 0 aliphatic heterocycles. The largest absolute Gasteiger partial charge is 0.272 e. The number of aryl methyl sites for hydroxylation is 1. The Morgan fingerprint density at radius 3 is 2.76 bits per heavy atom. The highest BCUT2D eigenvalue weighted by atomic mass is 15.3. The summed E-state index contributed by atoms with van der Waals surface area (Å²) in [6, 6.07) is 13.0. The highest BCUT2D eigenvalue weighted by Crippen LogP contribution is 2.78. The van der Waals surface area contributed by atoms with Crippen molar-refractivity contribution in [3.05, 3.63) is 60.7 Å². The second kappa shape index (κ2) is 5.54. The van der Waals surface area contributed by atoms with Crippen LogP contribution >= 0.6 is 0 Å². The summed E-state index contributed by atoms with van der Waals surface area (Å²) in [5.74, 6) is 0. The van der Waals surface area contributed by atoms with Crippen molar-refractivity contribution in [3.8, 4) is 23.0 Å². The first kappa shape index (κ1) is 16.5. The highest BCUT2D eigenvalue weighted by Gasteiger charge is 2.75. The van der Waals surface area contributed by atoms with Crippen molar-refractivity contribution in [2.45, 2.75) is 38.1 Å². The summed E-state index contributed by atoms with van der Waals surface area (Å²) in [5.41, 5.74) is 4.93. The average Bonchev–Trinajstić information content (AvgIpc) is 3.53. The average molecular weight is 380 g/mol. The van der Waals surface area contributed by atoms with Crippen LogP contribution in [0.15, 0.2) is 55.1 Å². The molecule has 1 atom stereocenters. The fourth-order valence-corrected chi connectivity index (χ4v) is 4.72. The highest BCUT2D eigenvalue weighted by molar-refractivity contribution is 5.82. The Labute approximate surface area is 168 Å². The van der Waals surface area contributed by atoms with E-state index in [4.69, 9.17) is 0 Å². The van der Waals surface area contributed by atoms with Crippen LogP contribution in [0.5, 0.6) is 0 Å². The molecule has 3 heterocycles. The first-order chi connectivity index (χ1) is 14.2. The molecule has 0 amide bonds. The van der Waals surface area contributed by atoms with Gasteiger partial charge in [-0.1, -0.05) is 12.1 Å². The molecular formula is C23H20N6. The predicted molar refractivity (Wildman–Crippen MR) is 109 cm³/mol. The molecule has 0 saturated heterocycles. The molecule has 6 nitrogen and oxygen atoms in total. The minimum Gasteiger partial charge on any atom is -0.272 e. The van der Waals surface area contributed by atoms with Gasteiger partial charge in [-0.15, -0.1) is 0 Å². The summed E-state index contributed by atoms with van der Waals surface area (Å²) >= 11 is 0. The van der Waals surface area contributed by atoms with Crippen LogP contribution in [-0.2, 0) is 12.0 Å². The molecule has 0 radical (unpaired) electrons. The van der Waals surface area contributed by atoms with E-state index in [9.17, 15) is 5.26 Å². The standard InChI is InChI=1S/C23H20N6/c1-2-28-13-17(12-26-28)20-10-19(5-8-25-20)29-21-9-18(4-3-16(21)11-27-29)23(15-24)14-22(23)6-7-22/h3-5,8-13H,2,6-7,14H2,1H3/t23-/m1/s1. The number of benzene rings is 1. The third-order valence-electron chi connectivity index (χ3n) is 6.73. The molecule has 3 aromatic heterocycles. The zero-order valence-electron chi connectivity index (χ0n) is 16.2. The molecule has 2 aliphatic carbocycles. The molecule has 1 spiro atoms. The second-order valence-electron chi connectivity index (χ2n) is 8.29. The van der Waals surface area contributed by atoms with Crippen LogP contribution in [0.1, 0.15) is 31.7 Å². The van der Waals surface area contributed by atoms with Crippen molar-refractivity contribution in [3.63, 3.8) is 0 Å². The van der Waals surface area contributed by atoms with Gasteiger partial charge in [0.25, 0.3) is 0 Å². The zero-order chi connectivity index (χ0) is 19.6. The maximum Gasteiger partial charge on any atom is 0.0885 e. The van der Waals surface area contributed by atoms with Gasteiger partial charge in [0.05, 0.1) is 40.8 Å². The molecule has 2 fully saturated rings. The van der Waals surface area contributed by atoms with Crippen LogP contribution in [-0.4, -0.2) is 24.5 Å². The monoisotopic (exact) mass is 380 g/mol. The first-order valence-electron chi connectivity index (χ1n) is 10.1. The minimum absolute atomic E-state index is 0.254. The third-order valence-corrected chi connectivity index (χ3v) is 6.73. The van der Waals surface area contributed by atoms with Crippen LogP contribution in [0, 0.1) is 16.7 Å². The number of nitriles is 1. The molecule has 0 bridgehead atoms. The molecule has 29 heavy (non-hydrogen) atoms. The van der Waals surface area contributed by atoms with Crippen LogP contribution in [0.4, 0.5) is 0 Å². The van der Waals surface area contributed by atoms with Crippen molar-refractivity contribution in [1.82, 2.24) is 24.5 Å². The summed E-state index contributed by atoms with van der Waals surface area (Å²) in [4.78, 5) is 4.52. The number of nitrogens with zero attached hydrogens (tertiary/aromatic N) is 6. The van der Waals surface area contributed by atoms with Crippen molar-refractivity contribution < 1.29 is 0 Å². The maximum absolute atomic E-state index is 9.89. The fraction of sp³-hybridized carbons (Fsp3) is 0.304. The smallest absolute Gasteiger partial charge is 0.0885 e. The molecule has 142 valence electrons. The van der Waals surface area contributed by atoms with E-state index in [0.717, 1.165) is 46.4 Å². The lowest BCUT2D eigenvalue weighted by molar-refractivity contribution is 0.660. The van der Waals surface area contributed by atoms with Crippen LogP contribution in [0.3, 0.4) is 0 Å². The quantitative estimate of drug-likeness (QED) is 0.531. The molecule has 0 unspecified atom stereocenters. The van der Waals surface area contributed by atoms with Gasteiger partial charge in [0, 0.05) is 29.9 Å². The van der Waals surface area contributed by atoms with Crippen LogP contribution in [0.2, 0.25) is 0 Å². The van der Waals surface area contributed by atoms with Gasteiger partial charge in [-0.3, -0.25) is 9.67 Å². The van der Waals surface area contributed by atoms with E-state index in [1.165, 1.54) is 12.8 Å². The summed E-state index contributed by atoms with van der Waals surface area (Å²) < 4.78 is 3.84. The first-order valence-corrected chi connectivity index (χ1v) is 10.1. The molecule has 6 heteroatoms. The Kier molecular flexibility index (Phi) is 3.15. The number of pyridine rings is 1. The maximum atomic E-state index is 9.89. The predicted octanol–water partition coefficient (Wildman–Crippen LogP) is 4.25. The lowest BCUT2D eigenvalue weighted by Gasteiger charge is -2.10. The number of aromatic nitrogens is 5. The van der Waals surface area contributed by atoms with E-state index >= 15 is 0 Å². The Hall–Kier alpha value is -3.46. The Bertz CT molecular complexity index is 1300. The molecule has 2 aliphatic rings. The van der Waals surface area contributed by atoms with E-state index in [1.807, 2.05) is 46.3 Å². The van der Waals surface area contributed by atoms with E-state index < -0.39 is 0 Å². The van der Waals surface area contributed by atoms with Gasteiger partial charge in [-0.25, -0.2) is 4.68 Å². The van der Waals surface area contributed by atoms with E-state index in [2.05, 4.69) is 46.4 Å². The normalized spacial score (nSPS) is 21.4. The number of rotatable bonds is 4. The van der Waals surface area contributed by atoms with Crippen LogP contribution < -0.4 is 0 Å². The molecule has 2 saturated carbocycles. The lowest BCUT2D eigenvalue weighted by atomic mass is 9.93. The number of hydrogen-bond acceptors (Lipinski definition) is 4. The summed E-state index contributed by atoms with van der Waals surface area (Å²) in [7, 11) is 0. The second-order valence-corrected chi connectivity index (χ2v) is 8.29. The van der Waals surface area contributed by atoms with Gasteiger partial charge < -0.3 is 0 Å². The summed E-state index contributed by atoms with van der Waals surface area (Å²) in [6.07, 6.45) is 10.9. The Morgan fingerprint density at radius 2 is 2.03 bits per heavy atom. The van der Waals surface area contributed by atoms with Crippen molar-refractivity contribution in [2.24, 2.45) is 5.41 Å². The van der Waals surface area contributed by atoms with Crippen LogP contribution in [0.25, 0.3) is 27.8 Å². The summed E-state index contributed by atoms with van der Waals surface area (Å²) in [6.45, 7) is 2.89.